The van der Waals surface area contributed by atoms with Crippen molar-refractivity contribution in [2.75, 3.05) is 13.4 Å². The number of ether oxygens (including phenoxy) is 2. The monoisotopic (exact) mass is 501 g/mol. The fraction of sp³-hybridized carbons (Fsp3) is 0.233. The first-order valence-corrected chi connectivity index (χ1v) is 13.6. The molecule has 0 aliphatic heterocycles. The summed E-state index contributed by atoms with van der Waals surface area (Å²) in [6.45, 7) is 7.66. The highest BCUT2D eigenvalue weighted by Gasteiger charge is 2.33. The summed E-state index contributed by atoms with van der Waals surface area (Å²) < 4.78 is 35.9. The van der Waals surface area contributed by atoms with Crippen molar-refractivity contribution < 1.29 is 17.9 Å². The van der Waals surface area contributed by atoms with Crippen LogP contribution in [0.1, 0.15) is 30.5 Å². The number of nitrogens with zero attached hydrogens (tertiary/aromatic N) is 1. The molecule has 36 heavy (non-hydrogen) atoms. The topological polar surface area (TPSA) is 65.5 Å². The van der Waals surface area contributed by atoms with Gasteiger partial charge >= 0.3 is 0 Å². The van der Waals surface area contributed by atoms with Crippen molar-refractivity contribution in [2.24, 2.45) is 0 Å². The number of rotatable bonds is 9. The summed E-state index contributed by atoms with van der Waals surface area (Å²) in [6.07, 6.45) is 5.54. The molecule has 0 atom stereocenters. The molecule has 0 saturated heterocycles. The number of allylic oxidation sites excluding steroid dienone is 1. The van der Waals surface area contributed by atoms with E-state index in [1.807, 2.05) is 66.7 Å². The fourth-order valence-corrected chi connectivity index (χ4v) is 4.71. The van der Waals surface area contributed by atoms with Gasteiger partial charge in [0.2, 0.25) is 0 Å². The summed E-state index contributed by atoms with van der Waals surface area (Å²) in [4.78, 5) is 4.61. The Labute approximate surface area is 213 Å². The van der Waals surface area contributed by atoms with Gasteiger partial charge in [-0.3, -0.25) is 4.98 Å². The molecule has 0 bridgehead atoms. The van der Waals surface area contributed by atoms with Crippen LogP contribution >= 0.6 is 0 Å². The summed E-state index contributed by atoms with van der Waals surface area (Å²) in [6, 6.07) is 21.6. The summed E-state index contributed by atoms with van der Waals surface area (Å²) >= 11 is 0. The van der Waals surface area contributed by atoms with Crippen molar-refractivity contribution in [1.29, 1.82) is 0 Å². The Balaban J connectivity index is 1.75. The van der Waals surface area contributed by atoms with E-state index in [1.54, 1.807) is 27.2 Å². The van der Waals surface area contributed by atoms with Gasteiger partial charge in [0.15, 0.2) is 21.3 Å². The summed E-state index contributed by atoms with van der Waals surface area (Å²) in [5.41, 5.74) is 5.35. The number of methoxy groups -OCH3 is 1. The van der Waals surface area contributed by atoms with E-state index in [0.29, 0.717) is 24.5 Å². The molecule has 1 aromatic heterocycles. The van der Waals surface area contributed by atoms with Gasteiger partial charge in [-0.15, -0.1) is 6.58 Å². The van der Waals surface area contributed by atoms with Crippen molar-refractivity contribution in [2.45, 2.75) is 31.6 Å². The SMILES string of the molecule is C=CCc1cccc(OC)c1OCc1cccc(-c2cc(C(C)(C)S(C)(=O)=O)cc3cccnc23)c1. The Morgan fingerprint density at radius 3 is 2.53 bits per heavy atom. The highest BCUT2D eigenvalue weighted by Crippen LogP contribution is 2.37. The lowest BCUT2D eigenvalue weighted by molar-refractivity contribution is 0.282. The van der Waals surface area contributed by atoms with E-state index in [1.165, 1.54) is 6.26 Å². The van der Waals surface area contributed by atoms with Crippen molar-refractivity contribution >= 4 is 20.7 Å². The van der Waals surface area contributed by atoms with Gasteiger partial charge in [-0.05, 0) is 67.3 Å². The lowest BCUT2D eigenvalue weighted by Crippen LogP contribution is -2.28. The van der Waals surface area contributed by atoms with E-state index < -0.39 is 14.6 Å². The Kier molecular flexibility index (Phi) is 7.18. The molecular formula is C30H31NO4S. The Morgan fingerprint density at radius 1 is 1.03 bits per heavy atom. The molecule has 3 aromatic carbocycles. The van der Waals surface area contributed by atoms with E-state index in [-0.39, 0.29) is 0 Å². The zero-order chi connectivity index (χ0) is 25.9. The molecule has 4 rings (SSSR count). The maximum Gasteiger partial charge on any atom is 0.165 e. The van der Waals surface area contributed by atoms with Gasteiger partial charge in [-0.1, -0.05) is 42.5 Å². The summed E-state index contributed by atoms with van der Waals surface area (Å²) in [5.74, 6) is 1.38. The molecule has 0 spiro atoms. The van der Waals surface area contributed by atoms with Crippen LogP contribution < -0.4 is 9.47 Å². The van der Waals surface area contributed by atoms with Crippen LogP contribution in [0.2, 0.25) is 0 Å². The summed E-state index contributed by atoms with van der Waals surface area (Å²) in [5, 5.41) is 0.895. The van der Waals surface area contributed by atoms with Crippen LogP contribution in [-0.4, -0.2) is 26.8 Å². The number of para-hydroxylation sites is 1. The number of sulfone groups is 1. The van der Waals surface area contributed by atoms with Crippen molar-refractivity contribution in [3.63, 3.8) is 0 Å². The van der Waals surface area contributed by atoms with E-state index in [9.17, 15) is 8.42 Å². The molecule has 0 aliphatic carbocycles. The number of benzene rings is 3. The smallest absolute Gasteiger partial charge is 0.165 e. The third-order valence-corrected chi connectivity index (χ3v) is 8.68. The van der Waals surface area contributed by atoms with Crippen LogP contribution in [-0.2, 0) is 27.6 Å². The van der Waals surface area contributed by atoms with Crippen molar-refractivity contribution in [3.05, 3.63) is 102 Å². The van der Waals surface area contributed by atoms with Gasteiger partial charge in [-0.25, -0.2) is 8.42 Å². The van der Waals surface area contributed by atoms with Crippen LogP contribution in [0.3, 0.4) is 0 Å². The van der Waals surface area contributed by atoms with Gasteiger partial charge < -0.3 is 9.47 Å². The minimum absolute atomic E-state index is 0.345. The average Bonchev–Trinajstić information content (AvgIpc) is 2.86. The van der Waals surface area contributed by atoms with Crippen LogP contribution in [0.15, 0.2) is 85.6 Å². The number of hydrogen-bond donors (Lipinski definition) is 0. The molecule has 1 heterocycles. The van der Waals surface area contributed by atoms with E-state index in [4.69, 9.17) is 9.47 Å². The maximum atomic E-state index is 12.6. The molecule has 0 amide bonds. The van der Waals surface area contributed by atoms with Crippen molar-refractivity contribution in [3.8, 4) is 22.6 Å². The molecule has 186 valence electrons. The highest BCUT2D eigenvalue weighted by molar-refractivity contribution is 7.91. The first kappa shape index (κ1) is 25.5. The number of hydrogen-bond acceptors (Lipinski definition) is 5. The number of fused-ring (bicyclic) bond motifs is 1. The molecule has 0 N–H and O–H groups in total. The molecule has 0 aliphatic rings. The van der Waals surface area contributed by atoms with E-state index in [2.05, 4.69) is 17.6 Å². The summed E-state index contributed by atoms with van der Waals surface area (Å²) in [7, 11) is -1.72. The van der Waals surface area contributed by atoms with Gasteiger partial charge in [-0.2, -0.15) is 0 Å². The van der Waals surface area contributed by atoms with Crippen LogP contribution in [0.5, 0.6) is 11.5 Å². The number of aromatic nitrogens is 1. The highest BCUT2D eigenvalue weighted by atomic mass is 32.2. The van der Waals surface area contributed by atoms with E-state index in [0.717, 1.165) is 38.7 Å². The predicted molar refractivity (Wildman–Crippen MR) is 146 cm³/mol. The Morgan fingerprint density at radius 2 is 1.81 bits per heavy atom. The molecule has 0 fully saturated rings. The minimum atomic E-state index is -3.35. The minimum Gasteiger partial charge on any atom is -0.493 e. The quantitative estimate of drug-likeness (QED) is 0.245. The first-order valence-electron chi connectivity index (χ1n) is 11.7. The second kappa shape index (κ2) is 10.2. The Hall–Kier alpha value is -3.64. The normalized spacial score (nSPS) is 11.9. The first-order chi connectivity index (χ1) is 17.2. The molecule has 0 radical (unpaired) electrons. The third kappa shape index (κ3) is 5.00. The van der Waals surface area contributed by atoms with Gasteiger partial charge in [0.05, 0.1) is 17.4 Å². The zero-order valence-electron chi connectivity index (χ0n) is 21.1. The lowest BCUT2D eigenvalue weighted by atomic mass is 9.93. The molecule has 0 unspecified atom stereocenters. The molecular weight excluding hydrogens is 470 g/mol. The standard InChI is InChI=1S/C30H31NO4S/c1-6-10-22-12-8-15-27(34-4)29(22)35-20-21-11-7-13-23(17-21)26-19-25(30(2,3)36(5,32)33)18-24-14-9-16-31-28(24)26/h6-9,11-19H,1,10,20H2,2-5H3. The van der Waals surface area contributed by atoms with E-state index >= 15 is 0 Å². The maximum absolute atomic E-state index is 12.6. The van der Waals surface area contributed by atoms with Crippen LogP contribution in [0, 0.1) is 0 Å². The van der Waals surface area contributed by atoms with Crippen LogP contribution in [0.25, 0.3) is 22.0 Å². The zero-order valence-corrected chi connectivity index (χ0v) is 21.9. The lowest BCUT2D eigenvalue weighted by Gasteiger charge is -2.24. The average molecular weight is 502 g/mol. The Bertz CT molecular complexity index is 1520. The largest absolute Gasteiger partial charge is 0.493 e. The van der Waals surface area contributed by atoms with Gasteiger partial charge in [0.1, 0.15) is 6.61 Å². The third-order valence-electron chi connectivity index (χ3n) is 6.59. The molecule has 0 saturated carbocycles. The molecule has 5 nitrogen and oxygen atoms in total. The molecule has 4 aromatic rings. The second-order valence-corrected chi connectivity index (χ2v) is 11.9. The van der Waals surface area contributed by atoms with Gasteiger partial charge in [0.25, 0.3) is 0 Å². The predicted octanol–water partition coefficient (Wildman–Crippen LogP) is 6.50. The number of pyridine rings is 1. The van der Waals surface area contributed by atoms with Gasteiger partial charge in [0, 0.05) is 29.0 Å². The van der Waals surface area contributed by atoms with Crippen LogP contribution in [0.4, 0.5) is 0 Å². The van der Waals surface area contributed by atoms with Crippen molar-refractivity contribution in [1.82, 2.24) is 4.98 Å². The fourth-order valence-electron chi connectivity index (χ4n) is 4.16. The second-order valence-electron chi connectivity index (χ2n) is 9.31. The molecule has 6 heteroatoms.